The predicted octanol–water partition coefficient (Wildman–Crippen LogP) is 4.07. The average molecular weight is 284 g/mol. The van der Waals surface area contributed by atoms with Crippen LogP contribution in [0.5, 0.6) is 0 Å². The van der Waals surface area contributed by atoms with Crippen LogP contribution in [0.1, 0.15) is 25.8 Å². The van der Waals surface area contributed by atoms with E-state index in [0.717, 1.165) is 29.0 Å². The van der Waals surface area contributed by atoms with Crippen LogP contribution in [0.25, 0.3) is 10.2 Å². The highest BCUT2D eigenvalue weighted by Gasteiger charge is 2.18. The highest BCUT2D eigenvalue weighted by molar-refractivity contribution is 7.18. The Morgan fingerprint density at radius 2 is 2.17 bits per heavy atom. The fourth-order valence-corrected chi connectivity index (χ4v) is 3.24. The molecule has 0 saturated carbocycles. The molecular formula is C13H18ClN3S. The molecule has 1 N–H and O–H groups in total. The molecule has 18 heavy (non-hydrogen) atoms. The summed E-state index contributed by atoms with van der Waals surface area (Å²) in [4.78, 5) is 8.66. The first-order chi connectivity index (χ1) is 8.53. The van der Waals surface area contributed by atoms with Gasteiger partial charge in [0.1, 0.15) is 12.1 Å². The van der Waals surface area contributed by atoms with E-state index in [-0.39, 0.29) is 5.41 Å². The topological polar surface area (TPSA) is 37.8 Å². The number of alkyl halides is 1. The lowest BCUT2D eigenvalue weighted by Crippen LogP contribution is -2.24. The molecule has 0 amide bonds. The fraction of sp³-hybridized carbons (Fsp3) is 0.538. The zero-order valence-electron chi connectivity index (χ0n) is 11.0. The summed E-state index contributed by atoms with van der Waals surface area (Å²) in [6, 6.07) is 0. The zero-order valence-corrected chi connectivity index (χ0v) is 12.5. The van der Waals surface area contributed by atoms with Crippen LogP contribution >= 0.6 is 22.9 Å². The van der Waals surface area contributed by atoms with Crippen molar-refractivity contribution < 1.29 is 0 Å². The Labute approximate surface area is 117 Å². The van der Waals surface area contributed by atoms with Crippen molar-refractivity contribution in [3.05, 3.63) is 17.3 Å². The van der Waals surface area contributed by atoms with E-state index in [2.05, 4.69) is 41.4 Å². The predicted molar refractivity (Wildman–Crippen MR) is 79.8 cm³/mol. The van der Waals surface area contributed by atoms with Gasteiger partial charge in [-0.05, 0) is 29.7 Å². The Morgan fingerprint density at radius 3 is 2.89 bits per heavy atom. The van der Waals surface area contributed by atoms with E-state index in [4.69, 9.17) is 11.6 Å². The minimum atomic E-state index is 0.172. The molecule has 0 unspecified atom stereocenters. The molecule has 0 saturated heterocycles. The second kappa shape index (κ2) is 5.41. The van der Waals surface area contributed by atoms with E-state index in [1.807, 2.05) is 0 Å². The van der Waals surface area contributed by atoms with E-state index in [9.17, 15) is 0 Å². The second-order valence-corrected chi connectivity index (χ2v) is 6.53. The summed E-state index contributed by atoms with van der Waals surface area (Å²) in [5.41, 5.74) is 2.43. The number of nitrogens with one attached hydrogen (secondary N) is 1. The summed E-state index contributed by atoms with van der Waals surface area (Å²) >= 11 is 7.51. The Hall–Kier alpha value is -0.870. The number of fused-ring (bicyclic) bond motifs is 1. The van der Waals surface area contributed by atoms with Crippen molar-refractivity contribution in [2.75, 3.05) is 17.7 Å². The van der Waals surface area contributed by atoms with E-state index >= 15 is 0 Å². The number of rotatable bonds is 5. The minimum absolute atomic E-state index is 0.172. The molecule has 0 aliphatic rings. The standard InChI is InChI=1S/C13H18ClN3S/c1-9-6-18-11-10(9)16-8-17-12(11)15-7-13(2,3)4-5-14/h6,8H,4-5,7H2,1-3H3,(H,15,16,17). The van der Waals surface area contributed by atoms with Gasteiger partial charge in [-0.2, -0.15) is 0 Å². The summed E-state index contributed by atoms with van der Waals surface area (Å²) in [6.07, 6.45) is 2.61. The minimum Gasteiger partial charge on any atom is -0.368 e. The number of halogens is 1. The van der Waals surface area contributed by atoms with Crippen LogP contribution in [0.2, 0.25) is 0 Å². The van der Waals surface area contributed by atoms with Crippen LogP contribution in [0.4, 0.5) is 5.82 Å². The van der Waals surface area contributed by atoms with Gasteiger partial charge in [0.25, 0.3) is 0 Å². The first kappa shape index (κ1) is 13.6. The number of aryl methyl sites for hydroxylation is 1. The van der Waals surface area contributed by atoms with Gasteiger partial charge < -0.3 is 5.32 Å². The fourth-order valence-electron chi connectivity index (χ4n) is 1.76. The highest BCUT2D eigenvalue weighted by Crippen LogP contribution is 2.29. The first-order valence-corrected chi connectivity index (χ1v) is 7.43. The third kappa shape index (κ3) is 2.93. The Morgan fingerprint density at radius 1 is 1.39 bits per heavy atom. The summed E-state index contributed by atoms with van der Waals surface area (Å²) < 4.78 is 1.14. The van der Waals surface area contributed by atoms with Crippen LogP contribution in [-0.4, -0.2) is 22.4 Å². The van der Waals surface area contributed by atoms with Crippen molar-refractivity contribution in [1.82, 2.24) is 9.97 Å². The first-order valence-electron chi connectivity index (χ1n) is 6.02. The molecule has 0 aromatic carbocycles. The van der Waals surface area contributed by atoms with Crippen LogP contribution < -0.4 is 5.32 Å². The Kier molecular flexibility index (Phi) is 4.07. The maximum absolute atomic E-state index is 5.81. The molecule has 0 atom stereocenters. The van der Waals surface area contributed by atoms with E-state index in [1.165, 1.54) is 5.56 Å². The number of hydrogen-bond donors (Lipinski definition) is 1. The molecule has 2 rings (SSSR count). The lowest BCUT2D eigenvalue weighted by atomic mass is 9.90. The number of nitrogens with zero attached hydrogens (tertiary/aromatic N) is 2. The summed E-state index contributed by atoms with van der Waals surface area (Å²) in [7, 11) is 0. The van der Waals surface area contributed by atoms with Crippen molar-refractivity contribution in [2.45, 2.75) is 27.2 Å². The quantitative estimate of drug-likeness (QED) is 0.841. The van der Waals surface area contributed by atoms with E-state index < -0.39 is 0 Å². The molecule has 0 spiro atoms. The lowest BCUT2D eigenvalue weighted by molar-refractivity contribution is 0.379. The van der Waals surface area contributed by atoms with Crippen LogP contribution in [0.15, 0.2) is 11.7 Å². The van der Waals surface area contributed by atoms with Crippen molar-refractivity contribution in [2.24, 2.45) is 5.41 Å². The van der Waals surface area contributed by atoms with Gasteiger partial charge in [-0.1, -0.05) is 13.8 Å². The number of thiophene rings is 1. The molecule has 0 aliphatic heterocycles. The summed E-state index contributed by atoms with van der Waals surface area (Å²) in [6.45, 7) is 7.36. The average Bonchev–Trinajstić information content (AvgIpc) is 2.69. The monoisotopic (exact) mass is 283 g/mol. The summed E-state index contributed by atoms with van der Waals surface area (Å²) in [5, 5.41) is 5.55. The van der Waals surface area contributed by atoms with Crippen LogP contribution in [0.3, 0.4) is 0 Å². The molecular weight excluding hydrogens is 266 g/mol. The molecule has 5 heteroatoms. The second-order valence-electron chi connectivity index (χ2n) is 5.28. The highest BCUT2D eigenvalue weighted by atomic mass is 35.5. The van der Waals surface area contributed by atoms with Gasteiger partial charge in [0.2, 0.25) is 0 Å². The van der Waals surface area contributed by atoms with Crippen LogP contribution in [0, 0.1) is 12.3 Å². The van der Waals surface area contributed by atoms with Gasteiger partial charge in [-0.3, -0.25) is 0 Å². The van der Waals surface area contributed by atoms with Crippen LogP contribution in [-0.2, 0) is 0 Å². The van der Waals surface area contributed by atoms with E-state index in [0.29, 0.717) is 5.88 Å². The third-order valence-electron chi connectivity index (χ3n) is 3.04. The normalized spacial score (nSPS) is 12.0. The number of hydrogen-bond acceptors (Lipinski definition) is 4. The van der Waals surface area contributed by atoms with Gasteiger partial charge >= 0.3 is 0 Å². The molecule has 98 valence electrons. The Balaban J connectivity index is 2.17. The smallest absolute Gasteiger partial charge is 0.147 e. The van der Waals surface area contributed by atoms with Gasteiger partial charge in [-0.15, -0.1) is 22.9 Å². The van der Waals surface area contributed by atoms with Gasteiger partial charge in [-0.25, -0.2) is 9.97 Å². The van der Waals surface area contributed by atoms with Crippen molar-refractivity contribution in [3.8, 4) is 0 Å². The molecule has 2 heterocycles. The van der Waals surface area contributed by atoms with Crippen molar-refractivity contribution in [1.29, 1.82) is 0 Å². The number of anilines is 1. The molecule has 2 aromatic heterocycles. The van der Waals surface area contributed by atoms with Gasteiger partial charge in [0.05, 0.1) is 10.2 Å². The molecule has 0 aliphatic carbocycles. The van der Waals surface area contributed by atoms with E-state index in [1.54, 1.807) is 17.7 Å². The van der Waals surface area contributed by atoms with Gasteiger partial charge in [0, 0.05) is 12.4 Å². The Bertz CT molecular complexity index is 536. The van der Waals surface area contributed by atoms with Crippen molar-refractivity contribution >= 4 is 39.0 Å². The number of aromatic nitrogens is 2. The largest absolute Gasteiger partial charge is 0.368 e. The maximum atomic E-state index is 5.81. The lowest BCUT2D eigenvalue weighted by Gasteiger charge is -2.24. The molecule has 0 bridgehead atoms. The molecule has 0 radical (unpaired) electrons. The molecule has 3 nitrogen and oxygen atoms in total. The maximum Gasteiger partial charge on any atom is 0.147 e. The third-order valence-corrected chi connectivity index (χ3v) is 4.32. The molecule has 2 aromatic rings. The van der Waals surface area contributed by atoms with Gasteiger partial charge in [0.15, 0.2) is 0 Å². The SMILES string of the molecule is Cc1csc2c(NCC(C)(C)CCCl)ncnc12. The summed E-state index contributed by atoms with van der Waals surface area (Å²) in [5.74, 6) is 1.62. The zero-order chi connectivity index (χ0) is 13.2. The molecule has 0 fully saturated rings. The van der Waals surface area contributed by atoms with Crippen molar-refractivity contribution in [3.63, 3.8) is 0 Å².